The normalized spacial score (nSPS) is 26.9. The van der Waals surface area contributed by atoms with E-state index in [1.54, 1.807) is 6.07 Å². The third kappa shape index (κ3) is 3.35. The summed E-state index contributed by atoms with van der Waals surface area (Å²) >= 11 is 0. The fourth-order valence-electron chi connectivity index (χ4n) is 5.09. The Kier molecular flexibility index (Phi) is 4.77. The number of carbonyl (C=O) groups excluding carboxylic acids is 1. The molecule has 1 aromatic carbocycles. The van der Waals surface area contributed by atoms with Gasteiger partial charge in [-0.3, -0.25) is 14.8 Å². The Hall–Kier alpha value is -2.60. The van der Waals surface area contributed by atoms with Gasteiger partial charge in [-0.05, 0) is 83.0 Å². The van der Waals surface area contributed by atoms with Crippen molar-refractivity contribution >= 4 is 11.7 Å². The molecule has 0 bridgehead atoms. The molecule has 6 nitrogen and oxygen atoms in total. The van der Waals surface area contributed by atoms with Crippen molar-refractivity contribution < 1.29 is 9.90 Å². The van der Waals surface area contributed by atoms with E-state index in [1.165, 1.54) is 0 Å². The Morgan fingerprint density at radius 1 is 1.14 bits per heavy atom. The smallest absolute Gasteiger partial charge is 0.322 e. The van der Waals surface area contributed by atoms with Crippen LogP contribution in [0, 0.1) is 13.8 Å². The van der Waals surface area contributed by atoms with Crippen LogP contribution in [0.25, 0.3) is 0 Å². The van der Waals surface area contributed by atoms with Gasteiger partial charge in [-0.1, -0.05) is 12.1 Å². The average molecular weight is 395 g/mol. The number of amides is 2. The Labute approximate surface area is 172 Å². The molecule has 2 amide bonds. The highest BCUT2D eigenvalue weighted by atomic mass is 16.3. The van der Waals surface area contributed by atoms with Crippen molar-refractivity contribution in [3.05, 3.63) is 53.3 Å². The molecular weight excluding hydrogens is 364 g/mol. The average Bonchev–Trinajstić information content (AvgIpc) is 2.98. The number of pyridine rings is 1. The summed E-state index contributed by atoms with van der Waals surface area (Å²) in [6.07, 6.45) is 5.43. The summed E-state index contributed by atoms with van der Waals surface area (Å²) in [6.45, 7) is 4.66. The molecule has 1 aliphatic heterocycles. The number of hydrogen-bond acceptors (Lipinski definition) is 4. The lowest BCUT2D eigenvalue weighted by atomic mass is 9.69. The minimum absolute atomic E-state index is 0.0338. The highest BCUT2D eigenvalue weighted by molar-refractivity contribution is 5.95. The summed E-state index contributed by atoms with van der Waals surface area (Å²) in [6, 6.07) is 9.58. The molecule has 2 fully saturated rings. The van der Waals surface area contributed by atoms with Crippen LogP contribution in [0.3, 0.4) is 0 Å². The van der Waals surface area contributed by atoms with E-state index in [-0.39, 0.29) is 17.1 Å². The summed E-state index contributed by atoms with van der Waals surface area (Å²) < 4.78 is 0. The zero-order chi connectivity index (χ0) is 20.8. The fourth-order valence-corrected chi connectivity index (χ4v) is 5.09. The monoisotopic (exact) mass is 394 g/mol. The van der Waals surface area contributed by atoms with E-state index in [0.717, 1.165) is 48.2 Å². The Bertz CT molecular complexity index is 932. The molecule has 0 unspecified atom stereocenters. The van der Waals surface area contributed by atoms with Crippen molar-refractivity contribution in [2.75, 3.05) is 25.5 Å². The first-order chi connectivity index (χ1) is 13.7. The number of anilines is 1. The number of urea groups is 1. The SMILES string of the molecule is Cc1cc(C)c(N2C[C@]3(CC[C@](c4cccc(O)c4)(N(C)C)CC3)NC2=O)cn1. The van der Waals surface area contributed by atoms with Crippen molar-refractivity contribution in [1.29, 1.82) is 0 Å². The summed E-state index contributed by atoms with van der Waals surface area (Å²) in [5.74, 6) is 0.298. The van der Waals surface area contributed by atoms with Crippen LogP contribution in [0.2, 0.25) is 0 Å². The van der Waals surface area contributed by atoms with Gasteiger partial charge in [0.2, 0.25) is 0 Å². The van der Waals surface area contributed by atoms with Crippen molar-refractivity contribution in [1.82, 2.24) is 15.2 Å². The zero-order valence-electron chi connectivity index (χ0n) is 17.7. The van der Waals surface area contributed by atoms with Crippen molar-refractivity contribution in [2.45, 2.75) is 50.6 Å². The topological polar surface area (TPSA) is 68.7 Å². The van der Waals surface area contributed by atoms with Crippen LogP contribution in [0.4, 0.5) is 10.5 Å². The summed E-state index contributed by atoms with van der Waals surface area (Å²) in [4.78, 5) is 21.3. The molecule has 1 aromatic heterocycles. The number of rotatable bonds is 3. The first-order valence-corrected chi connectivity index (χ1v) is 10.2. The minimum atomic E-state index is -0.218. The predicted molar refractivity (Wildman–Crippen MR) is 114 cm³/mol. The molecule has 29 heavy (non-hydrogen) atoms. The molecule has 0 atom stereocenters. The number of carbonyl (C=O) groups is 1. The molecule has 6 heteroatoms. The van der Waals surface area contributed by atoms with E-state index in [4.69, 9.17) is 0 Å². The quantitative estimate of drug-likeness (QED) is 0.833. The van der Waals surface area contributed by atoms with Crippen LogP contribution in [0.1, 0.15) is 42.5 Å². The van der Waals surface area contributed by atoms with Crippen LogP contribution in [0.5, 0.6) is 5.75 Å². The summed E-state index contributed by atoms with van der Waals surface area (Å²) in [5, 5.41) is 13.3. The zero-order valence-corrected chi connectivity index (χ0v) is 17.7. The predicted octanol–water partition coefficient (Wildman–Crippen LogP) is 3.70. The van der Waals surface area contributed by atoms with Gasteiger partial charge in [-0.2, -0.15) is 0 Å². The second-order valence-electron chi connectivity index (χ2n) is 8.89. The standard InChI is InChI=1S/C23H30N4O2/c1-16-12-17(2)24-14-20(16)27-15-22(25-21(27)29)8-10-23(11-9-22,26(3)4)18-6-5-7-19(28)13-18/h5-7,12-14,28H,8-11,15H2,1-4H3,(H,25,29)/t22-,23+. The maximum absolute atomic E-state index is 12.8. The van der Waals surface area contributed by atoms with Crippen molar-refractivity contribution in [2.24, 2.45) is 0 Å². The van der Waals surface area contributed by atoms with Crippen molar-refractivity contribution in [3.63, 3.8) is 0 Å². The first kappa shape index (κ1) is 19.7. The van der Waals surface area contributed by atoms with E-state index >= 15 is 0 Å². The van der Waals surface area contributed by atoms with E-state index in [1.807, 2.05) is 43.1 Å². The van der Waals surface area contributed by atoms with E-state index in [2.05, 4.69) is 35.4 Å². The summed E-state index contributed by atoms with van der Waals surface area (Å²) in [7, 11) is 4.20. The molecule has 2 aromatic rings. The molecule has 1 spiro atoms. The maximum atomic E-state index is 12.8. The Morgan fingerprint density at radius 3 is 2.48 bits per heavy atom. The largest absolute Gasteiger partial charge is 0.508 e. The molecule has 2 N–H and O–H groups in total. The molecule has 1 aliphatic carbocycles. The number of nitrogens with zero attached hydrogens (tertiary/aromatic N) is 3. The Balaban J connectivity index is 1.57. The number of hydrogen-bond donors (Lipinski definition) is 2. The highest BCUT2D eigenvalue weighted by Crippen LogP contribution is 2.47. The fraction of sp³-hybridized carbons (Fsp3) is 0.478. The van der Waals surface area contributed by atoms with E-state index in [0.29, 0.717) is 12.3 Å². The van der Waals surface area contributed by atoms with Gasteiger partial charge in [-0.15, -0.1) is 0 Å². The third-order valence-electron chi connectivity index (χ3n) is 6.86. The minimum Gasteiger partial charge on any atom is -0.508 e. The van der Waals surface area contributed by atoms with Gasteiger partial charge in [0.05, 0.1) is 24.0 Å². The lowest BCUT2D eigenvalue weighted by molar-refractivity contribution is 0.0656. The lowest BCUT2D eigenvalue weighted by Gasteiger charge is -2.48. The summed E-state index contributed by atoms with van der Waals surface area (Å²) in [5.41, 5.74) is 3.70. The molecule has 2 aliphatic rings. The molecule has 154 valence electrons. The van der Waals surface area contributed by atoms with Crippen LogP contribution >= 0.6 is 0 Å². The van der Waals surface area contributed by atoms with Gasteiger partial charge in [0.25, 0.3) is 0 Å². The Morgan fingerprint density at radius 2 is 1.86 bits per heavy atom. The molecular formula is C23H30N4O2. The molecule has 0 radical (unpaired) electrons. The van der Waals surface area contributed by atoms with Gasteiger partial charge < -0.3 is 10.4 Å². The maximum Gasteiger partial charge on any atom is 0.322 e. The van der Waals surface area contributed by atoms with Gasteiger partial charge in [-0.25, -0.2) is 4.79 Å². The number of aromatic hydroxyl groups is 1. The second kappa shape index (κ2) is 7.02. The number of aromatic nitrogens is 1. The molecule has 1 saturated heterocycles. The van der Waals surface area contributed by atoms with Gasteiger partial charge in [0.15, 0.2) is 0 Å². The molecule has 4 rings (SSSR count). The number of nitrogens with one attached hydrogen (secondary N) is 1. The van der Waals surface area contributed by atoms with E-state index in [9.17, 15) is 9.90 Å². The van der Waals surface area contributed by atoms with Gasteiger partial charge in [0.1, 0.15) is 5.75 Å². The molecule has 1 saturated carbocycles. The van der Waals surface area contributed by atoms with E-state index < -0.39 is 0 Å². The number of phenols is 1. The van der Waals surface area contributed by atoms with Gasteiger partial charge >= 0.3 is 6.03 Å². The molecule has 2 heterocycles. The second-order valence-corrected chi connectivity index (χ2v) is 8.89. The lowest BCUT2D eigenvalue weighted by Crippen LogP contribution is -2.54. The first-order valence-electron chi connectivity index (χ1n) is 10.2. The highest BCUT2D eigenvalue weighted by Gasteiger charge is 2.50. The third-order valence-corrected chi connectivity index (χ3v) is 6.86. The van der Waals surface area contributed by atoms with Crippen LogP contribution in [0.15, 0.2) is 36.5 Å². The van der Waals surface area contributed by atoms with Crippen molar-refractivity contribution in [3.8, 4) is 5.75 Å². The number of phenolic OH excluding ortho intramolecular Hbond substituents is 1. The number of aryl methyl sites for hydroxylation is 2. The van der Waals surface area contributed by atoms with Gasteiger partial charge in [0, 0.05) is 11.2 Å². The number of benzene rings is 1. The van der Waals surface area contributed by atoms with Crippen LogP contribution in [-0.2, 0) is 5.54 Å². The van der Waals surface area contributed by atoms with Crippen LogP contribution < -0.4 is 10.2 Å². The van der Waals surface area contributed by atoms with Crippen LogP contribution in [-0.4, -0.2) is 47.2 Å².